The van der Waals surface area contributed by atoms with Gasteiger partial charge >= 0.3 is 18.6 Å². The third-order valence-electron chi connectivity index (χ3n) is 7.09. The van der Waals surface area contributed by atoms with Gasteiger partial charge in [-0.3, -0.25) is 0 Å². The van der Waals surface area contributed by atoms with Crippen molar-refractivity contribution in [2.45, 2.75) is 18.6 Å². The van der Waals surface area contributed by atoms with Crippen molar-refractivity contribution in [2.75, 3.05) is 0 Å². The Labute approximate surface area is 273 Å². The van der Waals surface area contributed by atoms with Gasteiger partial charge in [0.2, 0.25) is 0 Å². The summed E-state index contributed by atoms with van der Waals surface area (Å²) in [7, 11) is 0. The lowest BCUT2D eigenvalue weighted by Gasteiger charge is -2.21. The van der Waals surface area contributed by atoms with Gasteiger partial charge in [0.25, 0.3) is 0 Å². The van der Waals surface area contributed by atoms with E-state index in [1.807, 2.05) is 0 Å². The van der Waals surface area contributed by atoms with E-state index in [-0.39, 0.29) is 47.3 Å². The van der Waals surface area contributed by atoms with Crippen LogP contribution in [0.3, 0.4) is 0 Å². The Bertz CT molecular complexity index is 2160. The maximum absolute atomic E-state index is 15.3. The third kappa shape index (κ3) is 7.04. The first-order valence-corrected chi connectivity index (χ1v) is 13.5. The molecule has 51 heavy (non-hydrogen) atoms. The first-order chi connectivity index (χ1) is 23.5. The van der Waals surface area contributed by atoms with Gasteiger partial charge in [-0.2, -0.15) is 17.6 Å². The molecule has 0 saturated heterocycles. The first kappa shape index (κ1) is 37.0. The van der Waals surface area contributed by atoms with Crippen LogP contribution in [0, 0.1) is 52.4 Å². The van der Waals surface area contributed by atoms with Gasteiger partial charge in [0.05, 0.1) is 16.5 Å². The third-order valence-corrected chi connectivity index (χ3v) is 7.09. The van der Waals surface area contributed by atoms with E-state index in [4.69, 9.17) is 0 Å². The fourth-order valence-electron chi connectivity index (χ4n) is 5.09. The van der Waals surface area contributed by atoms with Crippen LogP contribution in [0.1, 0.15) is 16.7 Å². The molecule has 0 aliphatic carbocycles. The van der Waals surface area contributed by atoms with Crippen LogP contribution in [0.15, 0.2) is 61.2 Å². The minimum absolute atomic E-state index is 0.0271. The number of alkyl halides is 7. The SMILES string of the molecule is C=Cc1cc(F)c2c(F)c(-c3cc(F)c(C(F)(F)Oc4cc(F)c(-c5cc(F)c(C(F)(F)OC(F)(F)F)c(F)c5)c(F)c4)c(F)c3)c(F)cc2c1. The van der Waals surface area contributed by atoms with Gasteiger partial charge in [-0.25, -0.2) is 44.3 Å². The second kappa shape index (κ2) is 12.8. The highest BCUT2D eigenvalue weighted by Crippen LogP contribution is 2.43. The van der Waals surface area contributed by atoms with Gasteiger partial charge in [0.15, 0.2) is 0 Å². The van der Waals surface area contributed by atoms with E-state index in [0.717, 1.165) is 18.2 Å². The normalized spacial score (nSPS) is 12.5. The van der Waals surface area contributed by atoms with Crippen molar-refractivity contribution in [3.05, 3.63) is 130 Å². The van der Waals surface area contributed by atoms with Gasteiger partial charge in [0, 0.05) is 12.1 Å². The molecule has 0 radical (unpaired) electrons. The van der Waals surface area contributed by atoms with Gasteiger partial charge in [0.1, 0.15) is 69.2 Å². The van der Waals surface area contributed by atoms with E-state index in [0.29, 0.717) is 6.07 Å². The van der Waals surface area contributed by atoms with Crippen molar-refractivity contribution in [1.29, 1.82) is 0 Å². The number of fused-ring (bicyclic) bond motifs is 1. The molecule has 0 N–H and O–H groups in total. The molecule has 268 valence electrons. The number of ether oxygens (including phenoxy) is 2. The van der Waals surface area contributed by atoms with Gasteiger partial charge in [-0.1, -0.05) is 12.7 Å². The van der Waals surface area contributed by atoms with Gasteiger partial charge in [-0.05, 0) is 64.5 Å². The van der Waals surface area contributed by atoms with E-state index in [1.165, 1.54) is 0 Å². The molecule has 0 aromatic heterocycles. The molecule has 0 saturated carbocycles. The Morgan fingerprint density at radius 2 is 0.941 bits per heavy atom. The summed E-state index contributed by atoms with van der Waals surface area (Å²) in [4.78, 5) is 0. The molecule has 0 unspecified atom stereocenters. The van der Waals surface area contributed by atoms with E-state index in [2.05, 4.69) is 16.1 Å². The zero-order valence-electron chi connectivity index (χ0n) is 24.3. The summed E-state index contributed by atoms with van der Waals surface area (Å²) >= 11 is 0. The first-order valence-electron chi connectivity index (χ1n) is 13.5. The summed E-state index contributed by atoms with van der Waals surface area (Å²) in [5.41, 5.74) is -9.75. The second-order valence-electron chi connectivity index (χ2n) is 10.4. The van der Waals surface area contributed by atoms with Crippen molar-refractivity contribution >= 4 is 16.8 Å². The molecule has 0 spiro atoms. The lowest BCUT2D eigenvalue weighted by atomic mass is 9.96. The van der Waals surface area contributed by atoms with Crippen LogP contribution >= 0.6 is 0 Å². The molecule has 5 aromatic carbocycles. The van der Waals surface area contributed by atoms with Crippen molar-refractivity contribution in [2.24, 2.45) is 0 Å². The van der Waals surface area contributed by atoms with Gasteiger partial charge < -0.3 is 4.74 Å². The summed E-state index contributed by atoms with van der Waals surface area (Å²) in [5.74, 6) is -19.3. The summed E-state index contributed by atoms with van der Waals surface area (Å²) in [6.07, 6.45) is -15.7. The molecule has 18 heteroatoms. The molecule has 0 fully saturated rings. The van der Waals surface area contributed by atoms with Crippen LogP contribution in [0.5, 0.6) is 5.75 Å². The monoisotopic (exact) mass is 744 g/mol. The van der Waals surface area contributed by atoms with Crippen molar-refractivity contribution in [3.63, 3.8) is 0 Å². The number of hydrogen-bond acceptors (Lipinski definition) is 2. The molecule has 0 aliphatic heterocycles. The Kier molecular flexibility index (Phi) is 9.30. The summed E-state index contributed by atoms with van der Waals surface area (Å²) in [6, 6.07) is 1.93. The Morgan fingerprint density at radius 1 is 0.490 bits per heavy atom. The highest BCUT2D eigenvalue weighted by molar-refractivity contribution is 5.90. The minimum atomic E-state index is -6.09. The largest absolute Gasteiger partial charge is 0.527 e. The van der Waals surface area contributed by atoms with Crippen LogP contribution in [-0.2, 0) is 17.0 Å². The topological polar surface area (TPSA) is 18.5 Å². The molecular weight excluding hydrogens is 732 g/mol. The van der Waals surface area contributed by atoms with E-state index >= 15 is 22.0 Å². The summed E-state index contributed by atoms with van der Waals surface area (Å²) in [6.45, 7) is 3.39. The zero-order chi connectivity index (χ0) is 38.0. The zero-order valence-corrected chi connectivity index (χ0v) is 24.3. The second-order valence-corrected chi connectivity index (χ2v) is 10.4. The van der Waals surface area contributed by atoms with Crippen LogP contribution in [0.4, 0.5) is 70.2 Å². The predicted molar refractivity (Wildman–Crippen MR) is 147 cm³/mol. The number of rotatable bonds is 8. The minimum Gasteiger partial charge on any atom is -0.429 e. The fourth-order valence-corrected chi connectivity index (χ4v) is 5.09. The summed E-state index contributed by atoms with van der Waals surface area (Å²) < 4.78 is 234. The van der Waals surface area contributed by atoms with Crippen LogP contribution in [0.25, 0.3) is 39.1 Å². The average Bonchev–Trinajstić information content (AvgIpc) is 2.93. The van der Waals surface area contributed by atoms with E-state index in [1.54, 1.807) is 0 Å². The molecule has 0 amide bonds. The maximum atomic E-state index is 15.3. The Balaban J connectivity index is 1.49. The highest BCUT2D eigenvalue weighted by atomic mass is 19.4. The lowest BCUT2D eigenvalue weighted by molar-refractivity contribution is -0.432. The molecule has 0 heterocycles. The number of benzene rings is 5. The lowest BCUT2D eigenvalue weighted by Crippen LogP contribution is -2.29. The average molecular weight is 744 g/mol. The molecule has 0 bridgehead atoms. The van der Waals surface area contributed by atoms with E-state index < -0.39 is 115 Å². The molecule has 5 rings (SSSR count). The van der Waals surface area contributed by atoms with Crippen LogP contribution in [-0.4, -0.2) is 6.36 Å². The fraction of sp³-hybridized carbons (Fsp3) is 0.0909. The predicted octanol–water partition coefficient (Wildman–Crippen LogP) is 11.8. The molecule has 5 aromatic rings. The van der Waals surface area contributed by atoms with Crippen molar-refractivity contribution in [3.8, 4) is 28.0 Å². The molecule has 2 nitrogen and oxygen atoms in total. The Morgan fingerprint density at radius 3 is 1.41 bits per heavy atom. The Hall–Kier alpha value is -5.26. The van der Waals surface area contributed by atoms with Crippen LogP contribution in [0.2, 0.25) is 0 Å². The molecular formula is C33H12F16O2. The standard InChI is InChI=1S/C33H12F16O2/c1-2-12-3-13-5-18(35)27(30(42)26(13)17(34)4-12)15-8-21(38)28(22(39)9-15)31(43,44)50-16-10-19(36)25(20(37)11-16)14-6-23(40)29(24(41)7-14)32(45,46)51-33(47,48)49/h2-11H,1H2. The van der Waals surface area contributed by atoms with Crippen molar-refractivity contribution in [1.82, 2.24) is 0 Å². The molecule has 0 aliphatic rings. The van der Waals surface area contributed by atoms with Crippen LogP contribution < -0.4 is 4.74 Å². The summed E-state index contributed by atoms with van der Waals surface area (Å²) in [5, 5.41) is -1.14. The van der Waals surface area contributed by atoms with E-state index in [9.17, 15) is 48.3 Å². The number of halogens is 16. The van der Waals surface area contributed by atoms with Gasteiger partial charge in [-0.15, -0.1) is 13.2 Å². The number of hydrogen-bond donors (Lipinski definition) is 0. The highest BCUT2D eigenvalue weighted by Gasteiger charge is 2.49. The van der Waals surface area contributed by atoms with Crippen molar-refractivity contribution < 1.29 is 79.7 Å². The maximum Gasteiger partial charge on any atom is 0.527 e. The quantitative estimate of drug-likeness (QED) is 0.147. The molecule has 0 atom stereocenters. The smallest absolute Gasteiger partial charge is 0.429 e.